The number of carbonyl (C=O) groups excluding carboxylic acids is 1. The Labute approximate surface area is 112 Å². The van der Waals surface area contributed by atoms with Crippen LogP contribution in [0.25, 0.3) is 0 Å². The molecule has 0 spiro atoms. The average molecular weight is 256 g/mol. The molecule has 0 bridgehead atoms. The van der Waals surface area contributed by atoms with Gasteiger partial charge in [0.25, 0.3) is 0 Å². The van der Waals surface area contributed by atoms with E-state index >= 15 is 0 Å². The number of para-hydroxylation sites is 1. The summed E-state index contributed by atoms with van der Waals surface area (Å²) >= 11 is 0. The number of nitrogens with zero attached hydrogens (tertiary/aromatic N) is 2. The Balaban J connectivity index is 1.90. The molecule has 3 rings (SSSR count). The van der Waals surface area contributed by atoms with E-state index in [1.807, 2.05) is 36.7 Å². The summed E-state index contributed by atoms with van der Waals surface area (Å²) in [6.45, 7) is 5.23. The van der Waals surface area contributed by atoms with Gasteiger partial charge in [0.05, 0.1) is 24.4 Å². The smallest absolute Gasteiger partial charge is 0.153 e. The topological polar surface area (TPSA) is 44.1 Å². The van der Waals surface area contributed by atoms with Gasteiger partial charge < -0.3 is 4.74 Å². The zero-order valence-corrected chi connectivity index (χ0v) is 11.1. The maximum absolute atomic E-state index is 11.0. The van der Waals surface area contributed by atoms with Crippen LogP contribution in [0.15, 0.2) is 24.3 Å². The average Bonchev–Trinajstić information content (AvgIpc) is 2.93. The molecule has 1 aliphatic heterocycles. The maximum Gasteiger partial charge on any atom is 0.153 e. The molecule has 0 fully saturated rings. The molecule has 4 heteroatoms. The molecular weight excluding hydrogens is 240 g/mol. The van der Waals surface area contributed by atoms with Crippen molar-refractivity contribution in [1.82, 2.24) is 9.78 Å². The Kier molecular flexibility index (Phi) is 2.85. The highest BCUT2D eigenvalue weighted by Crippen LogP contribution is 2.34. The van der Waals surface area contributed by atoms with Crippen LogP contribution in [0, 0.1) is 13.8 Å². The van der Waals surface area contributed by atoms with Gasteiger partial charge in [-0.2, -0.15) is 5.10 Å². The number of aromatic nitrogens is 2. The minimum Gasteiger partial charge on any atom is -0.493 e. The van der Waals surface area contributed by atoms with E-state index in [1.165, 1.54) is 5.56 Å². The molecule has 0 saturated heterocycles. The molecule has 0 N–H and O–H groups in total. The van der Waals surface area contributed by atoms with Crippen LogP contribution in [-0.4, -0.2) is 22.7 Å². The first kappa shape index (κ1) is 12.0. The van der Waals surface area contributed by atoms with Crippen LogP contribution >= 0.6 is 0 Å². The van der Waals surface area contributed by atoms with Crippen molar-refractivity contribution in [3.05, 3.63) is 46.8 Å². The zero-order valence-electron chi connectivity index (χ0n) is 11.1. The second-order valence-electron chi connectivity index (χ2n) is 4.93. The third-order valence-corrected chi connectivity index (χ3v) is 3.75. The van der Waals surface area contributed by atoms with E-state index in [9.17, 15) is 4.79 Å². The van der Waals surface area contributed by atoms with Crippen molar-refractivity contribution in [1.29, 1.82) is 0 Å². The molecule has 1 unspecified atom stereocenters. The Hall–Kier alpha value is -2.10. The first-order valence-electron chi connectivity index (χ1n) is 6.41. The Bertz CT molecular complexity index is 631. The van der Waals surface area contributed by atoms with Gasteiger partial charge in [-0.05, 0) is 19.9 Å². The number of aldehydes is 1. The number of hydrogen-bond acceptors (Lipinski definition) is 3. The van der Waals surface area contributed by atoms with E-state index in [4.69, 9.17) is 4.74 Å². The zero-order chi connectivity index (χ0) is 13.4. The molecule has 0 saturated carbocycles. The van der Waals surface area contributed by atoms with Crippen LogP contribution in [0.4, 0.5) is 0 Å². The van der Waals surface area contributed by atoms with E-state index in [1.54, 1.807) is 0 Å². The third kappa shape index (κ3) is 1.93. The highest BCUT2D eigenvalue weighted by Gasteiger charge is 2.25. The summed E-state index contributed by atoms with van der Waals surface area (Å²) in [6, 6.07) is 8.10. The highest BCUT2D eigenvalue weighted by molar-refractivity contribution is 5.78. The fourth-order valence-electron chi connectivity index (χ4n) is 2.65. The van der Waals surface area contributed by atoms with Gasteiger partial charge in [0, 0.05) is 17.2 Å². The van der Waals surface area contributed by atoms with Crippen molar-refractivity contribution >= 4 is 6.29 Å². The lowest BCUT2D eigenvalue weighted by Crippen LogP contribution is -2.13. The quantitative estimate of drug-likeness (QED) is 0.792. The molecule has 1 aromatic heterocycles. The standard InChI is InChI=1S/C15H16N2O2/c1-10-14(8-18)11(2)17(16-10)7-12-9-19-15-6-4-3-5-13(12)15/h3-6,8,12H,7,9H2,1-2H3. The van der Waals surface area contributed by atoms with Gasteiger partial charge in [-0.1, -0.05) is 18.2 Å². The van der Waals surface area contributed by atoms with Gasteiger partial charge in [0.1, 0.15) is 5.75 Å². The Morgan fingerprint density at radius 2 is 2.21 bits per heavy atom. The van der Waals surface area contributed by atoms with Gasteiger partial charge >= 0.3 is 0 Å². The summed E-state index contributed by atoms with van der Waals surface area (Å²) in [5, 5.41) is 4.45. The molecule has 19 heavy (non-hydrogen) atoms. The third-order valence-electron chi connectivity index (χ3n) is 3.75. The predicted molar refractivity (Wildman–Crippen MR) is 71.8 cm³/mol. The second kappa shape index (κ2) is 4.53. The van der Waals surface area contributed by atoms with E-state index in [2.05, 4.69) is 11.2 Å². The van der Waals surface area contributed by atoms with Crippen LogP contribution in [0.2, 0.25) is 0 Å². The predicted octanol–water partition coefficient (Wildman–Crippen LogP) is 2.49. The largest absolute Gasteiger partial charge is 0.493 e. The minimum absolute atomic E-state index is 0.300. The number of carbonyl (C=O) groups is 1. The van der Waals surface area contributed by atoms with E-state index < -0.39 is 0 Å². The molecule has 0 radical (unpaired) electrons. The molecule has 1 atom stereocenters. The molecule has 98 valence electrons. The summed E-state index contributed by atoms with van der Waals surface area (Å²) in [6.07, 6.45) is 0.882. The van der Waals surface area contributed by atoms with E-state index in [0.717, 1.165) is 30.0 Å². The number of ether oxygens (including phenoxy) is 1. The maximum atomic E-state index is 11.0. The lowest BCUT2D eigenvalue weighted by molar-refractivity contribution is 0.112. The molecule has 0 aliphatic carbocycles. The van der Waals surface area contributed by atoms with Crippen LogP contribution < -0.4 is 4.74 Å². The van der Waals surface area contributed by atoms with Gasteiger partial charge in [-0.25, -0.2) is 0 Å². The molecule has 2 heterocycles. The number of rotatable bonds is 3. The lowest BCUT2D eigenvalue weighted by Gasteiger charge is -2.10. The van der Waals surface area contributed by atoms with Crippen molar-refractivity contribution in [3.8, 4) is 5.75 Å². The van der Waals surface area contributed by atoms with Crippen LogP contribution in [0.5, 0.6) is 5.75 Å². The van der Waals surface area contributed by atoms with Gasteiger partial charge in [-0.15, -0.1) is 0 Å². The summed E-state index contributed by atoms with van der Waals surface area (Å²) < 4.78 is 7.59. The second-order valence-corrected chi connectivity index (χ2v) is 4.93. The van der Waals surface area contributed by atoms with Crippen molar-refractivity contribution < 1.29 is 9.53 Å². The van der Waals surface area contributed by atoms with Gasteiger partial charge in [0.2, 0.25) is 0 Å². The number of fused-ring (bicyclic) bond motifs is 1. The first-order chi connectivity index (χ1) is 9.20. The molecular formula is C15H16N2O2. The van der Waals surface area contributed by atoms with E-state index in [-0.39, 0.29) is 0 Å². The van der Waals surface area contributed by atoms with Gasteiger partial charge in [0.15, 0.2) is 6.29 Å². The molecule has 0 amide bonds. The summed E-state index contributed by atoms with van der Waals surface area (Å²) in [5.41, 5.74) is 3.64. The number of hydrogen-bond donors (Lipinski definition) is 0. The number of benzene rings is 1. The minimum atomic E-state index is 0.300. The van der Waals surface area contributed by atoms with Crippen molar-refractivity contribution in [3.63, 3.8) is 0 Å². The summed E-state index contributed by atoms with van der Waals surface area (Å²) in [5.74, 6) is 1.26. The Morgan fingerprint density at radius 3 is 2.95 bits per heavy atom. The molecule has 4 nitrogen and oxygen atoms in total. The normalized spacial score (nSPS) is 17.1. The monoisotopic (exact) mass is 256 g/mol. The van der Waals surface area contributed by atoms with Crippen molar-refractivity contribution in [2.75, 3.05) is 6.61 Å². The highest BCUT2D eigenvalue weighted by atomic mass is 16.5. The van der Waals surface area contributed by atoms with Gasteiger partial charge in [-0.3, -0.25) is 9.48 Å². The van der Waals surface area contributed by atoms with Crippen molar-refractivity contribution in [2.24, 2.45) is 0 Å². The SMILES string of the molecule is Cc1nn(CC2COc3ccccc32)c(C)c1C=O. The fraction of sp³-hybridized carbons (Fsp3) is 0.333. The fourth-order valence-corrected chi connectivity index (χ4v) is 2.65. The Morgan fingerprint density at radius 1 is 1.42 bits per heavy atom. The summed E-state index contributed by atoms with van der Waals surface area (Å²) in [7, 11) is 0. The van der Waals surface area contributed by atoms with E-state index in [0.29, 0.717) is 18.1 Å². The molecule has 1 aliphatic rings. The number of aryl methyl sites for hydroxylation is 1. The first-order valence-corrected chi connectivity index (χ1v) is 6.41. The molecule has 2 aromatic rings. The van der Waals surface area contributed by atoms with Crippen molar-refractivity contribution in [2.45, 2.75) is 26.3 Å². The van der Waals surface area contributed by atoms with Crippen LogP contribution in [-0.2, 0) is 6.54 Å². The molecule has 1 aromatic carbocycles. The summed E-state index contributed by atoms with van der Waals surface area (Å²) in [4.78, 5) is 11.0. The lowest BCUT2D eigenvalue weighted by atomic mass is 10.0. The van der Waals surface area contributed by atoms with Crippen LogP contribution in [0.3, 0.4) is 0 Å². The van der Waals surface area contributed by atoms with Crippen LogP contribution in [0.1, 0.15) is 33.2 Å².